The van der Waals surface area contributed by atoms with Gasteiger partial charge in [0.1, 0.15) is 0 Å². The van der Waals surface area contributed by atoms with Crippen molar-refractivity contribution in [1.29, 1.82) is 0 Å². The minimum Gasteiger partial charge on any atom is -0.301 e. The van der Waals surface area contributed by atoms with E-state index in [0.29, 0.717) is 27.1 Å². The van der Waals surface area contributed by atoms with Gasteiger partial charge in [0.2, 0.25) is 0 Å². The molecule has 1 nitrogen and oxygen atoms in total. The van der Waals surface area contributed by atoms with Crippen molar-refractivity contribution in [3.8, 4) is 0 Å². The quantitative estimate of drug-likeness (QED) is 0.268. The van der Waals surface area contributed by atoms with Crippen LogP contribution in [0, 0.1) is 50.7 Å². The summed E-state index contributed by atoms with van der Waals surface area (Å²) in [5.74, 6) is 4.22. The molecule has 0 unspecified atom stereocenters. The van der Waals surface area contributed by atoms with Crippen molar-refractivity contribution in [2.45, 2.75) is 207 Å². The second-order valence-electron chi connectivity index (χ2n) is 21.4. The summed E-state index contributed by atoms with van der Waals surface area (Å²) < 4.78 is 0. The van der Waals surface area contributed by atoms with E-state index in [1.54, 1.807) is 0 Å². The number of hydrogen-bond donors (Lipinski definition) is 0. The van der Waals surface area contributed by atoms with Gasteiger partial charge < -0.3 is 4.90 Å². The molecule has 1 heteroatoms. The highest BCUT2D eigenvalue weighted by molar-refractivity contribution is 4.84. The smallest absolute Gasteiger partial charge is 0.0110 e. The summed E-state index contributed by atoms with van der Waals surface area (Å²) in [6.45, 7) is 39.1. The lowest BCUT2D eigenvalue weighted by atomic mass is 9.69. The molecule has 44 heavy (non-hydrogen) atoms. The predicted molar refractivity (Wildman–Crippen MR) is 202 cm³/mol. The first-order chi connectivity index (χ1) is 20.0. The van der Waals surface area contributed by atoms with Crippen LogP contribution in [0.3, 0.4) is 0 Å². The van der Waals surface area contributed by atoms with E-state index in [0.717, 1.165) is 23.7 Å². The molecular formula is C43H87N. The molecule has 264 valence electrons. The Morgan fingerprint density at radius 1 is 0.432 bits per heavy atom. The van der Waals surface area contributed by atoms with E-state index in [1.165, 1.54) is 122 Å². The minimum absolute atomic E-state index is 0.538. The van der Waals surface area contributed by atoms with Crippen molar-refractivity contribution in [2.24, 2.45) is 50.7 Å². The highest BCUT2D eigenvalue weighted by Crippen LogP contribution is 2.44. The summed E-state index contributed by atoms with van der Waals surface area (Å²) in [7, 11) is 0. The monoisotopic (exact) mass is 618 g/mol. The van der Waals surface area contributed by atoms with Crippen LogP contribution in [0.1, 0.15) is 207 Å². The van der Waals surface area contributed by atoms with Gasteiger partial charge in [0.05, 0.1) is 0 Å². The average Bonchev–Trinajstić information content (AvgIpc) is 3.63. The van der Waals surface area contributed by atoms with E-state index in [2.05, 4.69) is 109 Å². The zero-order valence-electron chi connectivity index (χ0n) is 33.7. The molecule has 1 heterocycles. The fourth-order valence-electron chi connectivity index (χ4n) is 6.47. The average molecular weight is 618 g/mol. The van der Waals surface area contributed by atoms with Gasteiger partial charge >= 0.3 is 0 Å². The number of rotatable bonds is 6. The summed E-state index contributed by atoms with van der Waals surface area (Å²) >= 11 is 0. The van der Waals surface area contributed by atoms with Crippen molar-refractivity contribution in [3.05, 3.63) is 0 Å². The molecule has 0 aromatic carbocycles. The summed E-state index contributed by atoms with van der Waals surface area (Å²) in [5, 5.41) is 0. The molecule has 0 aromatic heterocycles. The molecule has 5 fully saturated rings. The second-order valence-corrected chi connectivity index (χ2v) is 21.4. The van der Waals surface area contributed by atoms with Gasteiger partial charge in [-0.1, -0.05) is 149 Å². The Morgan fingerprint density at radius 2 is 0.795 bits per heavy atom. The van der Waals surface area contributed by atoms with Gasteiger partial charge in [-0.25, -0.2) is 0 Å². The molecule has 0 bridgehead atoms. The predicted octanol–water partition coefficient (Wildman–Crippen LogP) is 14.2. The van der Waals surface area contributed by atoms with Crippen molar-refractivity contribution in [1.82, 2.24) is 4.90 Å². The van der Waals surface area contributed by atoms with Crippen LogP contribution in [0.25, 0.3) is 0 Å². The van der Waals surface area contributed by atoms with Crippen LogP contribution in [0.4, 0.5) is 0 Å². The SMILES string of the molecule is CC(C)(C)C1CC1.CC(C)(C)C1CCC1.CC(C)(C)C1CCCC1.CC(C)(C)CCCC1CC1.CC(C)(C)CCCN1CC1. The summed E-state index contributed by atoms with van der Waals surface area (Å²) in [4.78, 5) is 2.49. The Morgan fingerprint density at radius 3 is 1.02 bits per heavy atom. The molecular weight excluding hydrogens is 530 g/mol. The number of nitrogens with zero attached hydrogens (tertiary/aromatic N) is 1. The van der Waals surface area contributed by atoms with Gasteiger partial charge in [-0.3, -0.25) is 0 Å². The third-order valence-electron chi connectivity index (χ3n) is 10.9. The van der Waals surface area contributed by atoms with Crippen molar-refractivity contribution in [2.75, 3.05) is 19.6 Å². The van der Waals surface area contributed by atoms with Crippen LogP contribution in [-0.2, 0) is 0 Å². The first-order valence-corrected chi connectivity index (χ1v) is 19.7. The minimum atomic E-state index is 0.538. The molecule has 1 saturated heterocycles. The Bertz CT molecular complexity index is 677. The zero-order chi connectivity index (χ0) is 33.8. The topological polar surface area (TPSA) is 3.01 Å². The van der Waals surface area contributed by atoms with Gasteiger partial charge in [0.25, 0.3) is 0 Å². The fraction of sp³-hybridized carbons (Fsp3) is 1.00. The lowest BCUT2D eigenvalue weighted by Crippen LogP contribution is -2.26. The maximum atomic E-state index is 2.49. The van der Waals surface area contributed by atoms with E-state index < -0.39 is 0 Å². The molecule has 5 aliphatic rings. The van der Waals surface area contributed by atoms with Crippen LogP contribution in [0.15, 0.2) is 0 Å². The normalized spacial score (nSPS) is 21.3. The molecule has 0 amide bonds. The van der Waals surface area contributed by atoms with E-state index in [-0.39, 0.29) is 0 Å². The van der Waals surface area contributed by atoms with Gasteiger partial charge in [-0.05, 0) is 115 Å². The third kappa shape index (κ3) is 24.2. The van der Waals surface area contributed by atoms with E-state index in [1.807, 2.05) is 0 Å². The Labute approximate surface area is 281 Å². The van der Waals surface area contributed by atoms with Crippen molar-refractivity contribution < 1.29 is 0 Å². The maximum Gasteiger partial charge on any atom is 0.0110 e. The first-order valence-electron chi connectivity index (χ1n) is 19.7. The van der Waals surface area contributed by atoms with Gasteiger partial charge in [-0.15, -0.1) is 0 Å². The molecule has 4 aliphatic carbocycles. The fourth-order valence-corrected chi connectivity index (χ4v) is 6.47. The third-order valence-corrected chi connectivity index (χ3v) is 10.9. The molecule has 1 aliphatic heterocycles. The molecule has 4 saturated carbocycles. The van der Waals surface area contributed by atoms with Crippen LogP contribution in [-0.4, -0.2) is 24.5 Å². The standard InChI is InChI=1S/C10H20.C9H19N.C9H18.C8H16.C7H14/c1-10(2,3)8-4-5-9-6-7-9;1-9(2,3)5-4-6-10-7-8-10;1-9(2,3)8-6-4-5-7-8;1-8(2,3)7-5-4-6-7;1-7(2,3)6-4-5-6/h9H,4-8H2,1-3H3;4-8H2,1-3H3;8H,4-7H2,1-3H3;7H,4-6H2,1-3H3;6H,4-5H2,1-3H3. The van der Waals surface area contributed by atoms with Crippen molar-refractivity contribution >= 4 is 0 Å². The zero-order valence-corrected chi connectivity index (χ0v) is 33.7. The van der Waals surface area contributed by atoms with Crippen LogP contribution in [0.5, 0.6) is 0 Å². The molecule has 0 N–H and O–H groups in total. The first kappa shape index (κ1) is 42.0. The van der Waals surface area contributed by atoms with Crippen LogP contribution >= 0.6 is 0 Å². The summed E-state index contributed by atoms with van der Waals surface area (Å²) in [5.41, 5.74) is 2.89. The lowest BCUT2D eigenvalue weighted by Gasteiger charge is -2.37. The van der Waals surface area contributed by atoms with Crippen molar-refractivity contribution in [3.63, 3.8) is 0 Å². The molecule has 0 radical (unpaired) electrons. The maximum absolute atomic E-state index is 2.49. The van der Waals surface area contributed by atoms with E-state index in [4.69, 9.17) is 0 Å². The van der Waals surface area contributed by atoms with Gasteiger partial charge in [0, 0.05) is 13.1 Å². The summed E-state index contributed by atoms with van der Waals surface area (Å²) in [6, 6.07) is 0. The Hall–Kier alpha value is -0.0400. The Balaban J connectivity index is 0.000000276. The second kappa shape index (κ2) is 18.5. The largest absolute Gasteiger partial charge is 0.301 e. The highest BCUT2D eigenvalue weighted by atomic mass is 15.2. The molecule has 0 aromatic rings. The Kier molecular flexibility index (Phi) is 17.6. The molecule has 5 rings (SSSR count). The number of hydrogen-bond acceptors (Lipinski definition) is 1. The summed E-state index contributed by atoms with van der Waals surface area (Å²) in [6.07, 6.45) is 23.4. The van der Waals surface area contributed by atoms with E-state index >= 15 is 0 Å². The highest BCUT2D eigenvalue weighted by Gasteiger charge is 2.33. The lowest BCUT2D eigenvalue weighted by molar-refractivity contribution is 0.141. The molecule has 0 atom stereocenters. The molecule has 0 spiro atoms. The van der Waals surface area contributed by atoms with E-state index in [9.17, 15) is 0 Å². The van der Waals surface area contributed by atoms with Crippen LogP contribution < -0.4 is 0 Å². The van der Waals surface area contributed by atoms with Gasteiger partial charge in [0.15, 0.2) is 0 Å². The van der Waals surface area contributed by atoms with Crippen LogP contribution in [0.2, 0.25) is 0 Å². The van der Waals surface area contributed by atoms with Gasteiger partial charge in [-0.2, -0.15) is 0 Å².